The Morgan fingerprint density at radius 2 is 1.91 bits per heavy atom. The van der Waals surface area contributed by atoms with E-state index in [1.807, 2.05) is 49.5 Å². The number of aromatic nitrogens is 4. The maximum atomic E-state index is 5.65. The summed E-state index contributed by atoms with van der Waals surface area (Å²) in [7, 11) is 0. The monoisotopic (exact) mass is 442 g/mol. The molecule has 170 valence electrons. The summed E-state index contributed by atoms with van der Waals surface area (Å²) in [5, 5.41) is 1.05. The smallest absolute Gasteiger partial charge is 0.226 e. The Morgan fingerprint density at radius 3 is 2.76 bits per heavy atom. The number of hydrogen-bond donors (Lipinski definition) is 0. The van der Waals surface area contributed by atoms with E-state index in [0.29, 0.717) is 6.61 Å². The molecule has 1 aromatic carbocycles. The number of benzene rings is 1. The van der Waals surface area contributed by atoms with Crippen molar-refractivity contribution in [3.05, 3.63) is 72.3 Å². The number of anilines is 1. The third-order valence-electron chi connectivity index (χ3n) is 6.14. The summed E-state index contributed by atoms with van der Waals surface area (Å²) in [5.74, 6) is 2.65. The summed E-state index contributed by atoms with van der Waals surface area (Å²) in [6, 6.07) is 16.4. The van der Waals surface area contributed by atoms with Crippen molar-refractivity contribution in [2.45, 2.75) is 26.8 Å². The number of hydrogen-bond acceptors (Lipinski definition) is 6. The molecule has 1 fully saturated rings. The van der Waals surface area contributed by atoms with Crippen molar-refractivity contribution in [1.82, 2.24) is 24.4 Å². The van der Waals surface area contributed by atoms with Crippen molar-refractivity contribution in [1.29, 1.82) is 0 Å². The second-order valence-electron chi connectivity index (χ2n) is 8.40. The predicted octanol–water partition coefficient (Wildman–Crippen LogP) is 4.23. The Balaban J connectivity index is 1.30. The molecule has 33 heavy (non-hydrogen) atoms. The molecule has 0 amide bonds. The van der Waals surface area contributed by atoms with E-state index in [1.165, 1.54) is 5.69 Å². The van der Waals surface area contributed by atoms with Crippen LogP contribution in [-0.4, -0.2) is 57.2 Å². The lowest BCUT2D eigenvalue weighted by Crippen LogP contribution is -2.32. The summed E-state index contributed by atoms with van der Waals surface area (Å²) in [6.07, 6.45) is 5.00. The molecule has 1 saturated heterocycles. The highest BCUT2D eigenvalue weighted by Crippen LogP contribution is 2.25. The lowest BCUT2D eigenvalue weighted by Gasteiger charge is -2.23. The van der Waals surface area contributed by atoms with Crippen LogP contribution < -0.4 is 9.64 Å². The minimum absolute atomic E-state index is 0.653. The Hall–Kier alpha value is -3.45. The Morgan fingerprint density at radius 1 is 0.970 bits per heavy atom. The molecule has 5 rings (SSSR count). The van der Waals surface area contributed by atoms with Gasteiger partial charge in [-0.2, -0.15) is 0 Å². The van der Waals surface area contributed by atoms with Crippen molar-refractivity contribution in [3.63, 3.8) is 0 Å². The van der Waals surface area contributed by atoms with Crippen molar-refractivity contribution in [2.24, 2.45) is 0 Å². The summed E-state index contributed by atoms with van der Waals surface area (Å²) < 4.78 is 7.82. The molecule has 0 N–H and O–H groups in total. The minimum atomic E-state index is 0.653. The van der Waals surface area contributed by atoms with Crippen molar-refractivity contribution < 1.29 is 4.74 Å². The van der Waals surface area contributed by atoms with Gasteiger partial charge in [-0.05, 0) is 62.7 Å². The van der Waals surface area contributed by atoms with Gasteiger partial charge in [0.15, 0.2) is 0 Å². The van der Waals surface area contributed by atoms with E-state index in [1.54, 1.807) is 0 Å². The maximum Gasteiger partial charge on any atom is 0.226 e. The number of pyridine rings is 1. The highest BCUT2D eigenvalue weighted by atomic mass is 16.5. The van der Waals surface area contributed by atoms with E-state index in [9.17, 15) is 0 Å². The fourth-order valence-electron chi connectivity index (χ4n) is 4.47. The predicted molar refractivity (Wildman–Crippen MR) is 131 cm³/mol. The fourth-order valence-corrected chi connectivity index (χ4v) is 4.47. The molecule has 1 aliphatic heterocycles. The van der Waals surface area contributed by atoms with Gasteiger partial charge in [-0.3, -0.25) is 4.90 Å². The first-order valence-electron chi connectivity index (χ1n) is 11.7. The van der Waals surface area contributed by atoms with Crippen LogP contribution in [0, 0.1) is 6.92 Å². The zero-order chi connectivity index (χ0) is 22.6. The highest BCUT2D eigenvalue weighted by molar-refractivity contribution is 5.83. The van der Waals surface area contributed by atoms with Gasteiger partial charge >= 0.3 is 0 Å². The lowest BCUT2D eigenvalue weighted by molar-refractivity contribution is 0.280. The van der Waals surface area contributed by atoms with Crippen LogP contribution in [0.1, 0.15) is 24.7 Å². The van der Waals surface area contributed by atoms with Gasteiger partial charge in [0, 0.05) is 56.2 Å². The molecule has 0 atom stereocenters. The second-order valence-corrected chi connectivity index (χ2v) is 8.40. The molecule has 0 aliphatic carbocycles. The van der Waals surface area contributed by atoms with Crippen LogP contribution in [-0.2, 0) is 6.54 Å². The molecule has 0 unspecified atom stereocenters. The van der Waals surface area contributed by atoms with Crippen LogP contribution in [0.15, 0.2) is 60.9 Å². The maximum absolute atomic E-state index is 5.65. The van der Waals surface area contributed by atoms with E-state index < -0.39 is 0 Å². The molecule has 3 aromatic heterocycles. The molecule has 1 aliphatic rings. The van der Waals surface area contributed by atoms with Crippen LogP contribution in [0.2, 0.25) is 0 Å². The SMILES string of the molecule is CCOc1ccc2nc(N3CCCN(Cc4cccn4-c4ccccn4)CC3)nc(C)c2c1. The minimum Gasteiger partial charge on any atom is -0.494 e. The van der Waals surface area contributed by atoms with Crippen molar-refractivity contribution >= 4 is 16.9 Å². The average molecular weight is 443 g/mol. The number of rotatable bonds is 6. The van der Waals surface area contributed by atoms with Crippen LogP contribution in [0.3, 0.4) is 0 Å². The zero-order valence-electron chi connectivity index (χ0n) is 19.3. The van der Waals surface area contributed by atoms with E-state index in [-0.39, 0.29) is 0 Å². The second kappa shape index (κ2) is 9.58. The molecular formula is C26H30N6O. The first-order chi connectivity index (χ1) is 16.2. The molecule has 0 bridgehead atoms. The summed E-state index contributed by atoms with van der Waals surface area (Å²) in [6.45, 7) is 9.49. The Kier molecular flexibility index (Phi) is 6.21. The molecule has 0 radical (unpaired) electrons. The van der Waals surface area contributed by atoms with Gasteiger partial charge in [0.1, 0.15) is 11.6 Å². The molecule has 7 heteroatoms. The van der Waals surface area contributed by atoms with Crippen LogP contribution in [0.4, 0.5) is 5.95 Å². The molecule has 0 saturated carbocycles. The summed E-state index contributed by atoms with van der Waals surface area (Å²) >= 11 is 0. The number of aryl methyl sites for hydroxylation is 1. The van der Waals surface area contributed by atoms with Gasteiger partial charge < -0.3 is 14.2 Å². The van der Waals surface area contributed by atoms with Crippen LogP contribution >= 0.6 is 0 Å². The van der Waals surface area contributed by atoms with E-state index >= 15 is 0 Å². The molecule has 4 aromatic rings. The van der Waals surface area contributed by atoms with Crippen molar-refractivity contribution in [3.8, 4) is 11.6 Å². The zero-order valence-corrected chi connectivity index (χ0v) is 19.3. The van der Waals surface area contributed by atoms with Gasteiger partial charge in [0.2, 0.25) is 5.95 Å². The number of fused-ring (bicyclic) bond motifs is 1. The lowest BCUT2D eigenvalue weighted by atomic mass is 10.2. The molecule has 0 spiro atoms. The van der Waals surface area contributed by atoms with Gasteiger partial charge in [-0.15, -0.1) is 0 Å². The molecular weight excluding hydrogens is 412 g/mol. The van der Waals surface area contributed by atoms with E-state index in [2.05, 4.69) is 44.6 Å². The van der Waals surface area contributed by atoms with Gasteiger partial charge in [-0.1, -0.05) is 6.07 Å². The number of nitrogens with zero attached hydrogens (tertiary/aromatic N) is 6. The topological polar surface area (TPSA) is 59.3 Å². The normalized spacial score (nSPS) is 15.0. The molecule has 7 nitrogen and oxygen atoms in total. The van der Waals surface area contributed by atoms with Gasteiger partial charge in [0.25, 0.3) is 0 Å². The van der Waals surface area contributed by atoms with E-state index in [0.717, 1.165) is 73.3 Å². The third-order valence-corrected chi connectivity index (χ3v) is 6.14. The average Bonchev–Trinajstić information content (AvgIpc) is 3.17. The van der Waals surface area contributed by atoms with Crippen molar-refractivity contribution in [2.75, 3.05) is 37.7 Å². The first-order valence-corrected chi connectivity index (χ1v) is 11.7. The first kappa shape index (κ1) is 21.4. The van der Waals surface area contributed by atoms with Gasteiger partial charge in [-0.25, -0.2) is 15.0 Å². The fraction of sp³-hybridized carbons (Fsp3) is 0.346. The summed E-state index contributed by atoms with van der Waals surface area (Å²) in [5.41, 5.74) is 3.21. The number of ether oxygens (including phenoxy) is 1. The third kappa shape index (κ3) is 4.68. The standard InChI is InChI=1S/C26H30N6O/c1-3-33-22-10-11-24-23(18-22)20(2)28-26(29-24)31-14-7-13-30(16-17-31)19-21-8-6-15-32(21)25-9-4-5-12-27-25/h4-6,8-12,15,18H,3,7,13-14,16-17,19H2,1-2H3. The van der Waals surface area contributed by atoms with E-state index in [4.69, 9.17) is 14.7 Å². The highest BCUT2D eigenvalue weighted by Gasteiger charge is 2.19. The van der Waals surface area contributed by atoms with Crippen LogP contribution in [0.25, 0.3) is 16.7 Å². The quantitative estimate of drug-likeness (QED) is 0.445. The largest absolute Gasteiger partial charge is 0.494 e. The summed E-state index contributed by atoms with van der Waals surface area (Å²) in [4.78, 5) is 19.1. The van der Waals surface area contributed by atoms with Gasteiger partial charge in [0.05, 0.1) is 17.8 Å². The Bertz CT molecular complexity index is 1220. The Labute approximate surface area is 194 Å². The van der Waals surface area contributed by atoms with Crippen LogP contribution in [0.5, 0.6) is 5.75 Å². The molecule has 4 heterocycles.